The Bertz CT molecular complexity index is 228. The molecule has 1 saturated heterocycles. The van der Waals surface area contributed by atoms with Crippen LogP contribution in [0.15, 0.2) is 0 Å². The first-order chi connectivity index (χ1) is 6.45. The van der Waals surface area contributed by atoms with Crippen molar-refractivity contribution in [2.24, 2.45) is 11.7 Å². The van der Waals surface area contributed by atoms with Gasteiger partial charge in [0, 0.05) is 11.6 Å². The summed E-state index contributed by atoms with van der Waals surface area (Å²) in [6, 6.07) is 0.214. The maximum absolute atomic E-state index is 11.6. The number of hydrogen-bond donors (Lipinski definition) is 1. The maximum Gasteiger partial charge on any atom is 0.410 e. The Labute approximate surface area is 85.4 Å². The quantitative estimate of drug-likeness (QED) is 0.692. The summed E-state index contributed by atoms with van der Waals surface area (Å²) in [6.07, 6.45) is 0.706. The van der Waals surface area contributed by atoms with Crippen LogP contribution in [0, 0.1) is 5.92 Å². The number of rotatable bonds is 1. The molecule has 4 nitrogen and oxygen atoms in total. The van der Waals surface area contributed by atoms with Crippen molar-refractivity contribution >= 4 is 6.09 Å². The van der Waals surface area contributed by atoms with E-state index in [4.69, 9.17) is 10.5 Å². The second kappa shape index (κ2) is 3.77. The fourth-order valence-corrected chi connectivity index (χ4v) is 2.47. The van der Waals surface area contributed by atoms with Crippen molar-refractivity contribution in [2.45, 2.75) is 38.8 Å². The maximum atomic E-state index is 11.6. The van der Waals surface area contributed by atoms with E-state index in [2.05, 4.69) is 0 Å². The van der Waals surface area contributed by atoms with Gasteiger partial charge in [0.25, 0.3) is 0 Å². The van der Waals surface area contributed by atoms with Gasteiger partial charge in [-0.25, -0.2) is 4.79 Å². The summed E-state index contributed by atoms with van der Waals surface area (Å²) in [5.74, 6) is 0.358. The van der Waals surface area contributed by atoms with Crippen LogP contribution in [0.25, 0.3) is 0 Å². The predicted octanol–water partition coefficient (Wildman–Crippen LogP) is 1.20. The van der Waals surface area contributed by atoms with E-state index in [9.17, 15) is 4.79 Å². The van der Waals surface area contributed by atoms with Crippen LogP contribution in [0.2, 0.25) is 0 Å². The topological polar surface area (TPSA) is 55.6 Å². The van der Waals surface area contributed by atoms with Crippen LogP contribution >= 0.6 is 0 Å². The molecule has 1 aliphatic heterocycles. The first-order valence-corrected chi connectivity index (χ1v) is 5.02. The highest BCUT2D eigenvalue weighted by Crippen LogP contribution is 2.38. The molecule has 1 heterocycles. The molecule has 1 aliphatic rings. The molecule has 4 heteroatoms. The average Bonchev–Trinajstić information content (AvgIpc) is 2.35. The number of nitrogens with zero attached hydrogens (tertiary/aromatic N) is 1. The molecule has 1 rings (SSSR count). The fourth-order valence-electron chi connectivity index (χ4n) is 2.47. The van der Waals surface area contributed by atoms with Gasteiger partial charge in [-0.3, -0.25) is 0 Å². The summed E-state index contributed by atoms with van der Waals surface area (Å²) in [7, 11) is 1.42. The summed E-state index contributed by atoms with van der Waals surface area (Å²) < 4.78 is 4.78. The summed E-state index contributed by atoms with van der Waals surface area (Å²) in [4.78, 5) is 13.4. The van der Waals surface area contributed by atoms with Gasteiger partial charge in [-0.1, -0.05) is 0 Å². The van der Waals surface area contributed by atoms with Crippen molar-refractivity contribution < 1.29 is 9.53 Å². The van der Waals surface area contributed by atoms with Crippen LogP contribution in [-0.4, -0.2) is 36.2 Å². The minimum absolute atomic E-state index is 0.193. The first kappa shape index (κ1) is 11.3. The van der Waals surface area contributed by atoms with Crippen molar-refractivity contribution in [3.63, 3.8) is 0 Å². The summed E-state index contributed by atoms with van der Waals surface area (Å²) in [6.45, 7) is 6.75. The van der Waals surface area contributed by atoms with Crippen LogP contribution in [0.4, 0.5) is 4.79 Å². The second-order valence-electron chi connectivity index (χ2n) is 4.51. The molecule has 82 valence electrons. The molecule has 0 aliphatic carbocycles. The minimum atomic E-state index is -0.251. The first-order valence-electron chi connectivity index (χ1n) is 5.02. The van der Waals surface area contributed by atoms with Gasteiger partial charge >= 0.3 is 6.09 Å². The number of amides is 1. The summed E-state index contributed by atoms with van der Waals surface area (Å²) in [5.41, 5.74) is 5.50. The number of ether oxygens (including phenoxy) is 1. The van der Waals surface area contributed by atoms with Crippen molar-refractivity contribution in [1.29, 1.82) is 0 Å². The van der Waals surface area contributed by atoms with E-state index in [1.807, 2.05) is 20.8 Å². The lowest BCUT2D eigenvalue weighted by atomic mass is 9.88. The van der Waals surface area contributed by atoms with E-state index in [-0.39, 0.29) is 17.7 Å². The van der Waals surface area contributed by atoms with Crippen LogP contribution in [0.3, 0.4) is 0 Å². The third kappa shape index (κ3) is 1.59. The molecule has 2 atom stereocenters. The van der Waals surface area contributed by atoms with Crippen molar-refractivity contribution in [3.05, 3.63) is 0 Å². The number of carbonyl (C=O) groups excluding carboxylic acids is 1. The number of methoxy groups -OCH3 is 1. The van der Waals surface area contributed by atoms with Crippen LogP contribution in [0.1, 0.15) is 27.2 Å². The highest BCUT2D eigenvalue weighted by molar-refractivity contribution is 5.69. The zero-order chi connectivity index (χ0) is 10.9. The van der Waals surface area contributed by atoms with Crippen molar-refractivity contribution in [1.82, 2.24) is 4.90 Å². The Morgan fingerprint density at radius 1 is 1.64 bits per heavy atom. The number of carbonyl (C=O) groups is 1. The summed E-state index contributed by atoms with van der Waals surface area (Å²) >= 11 is 0. The SMILES string of the molecule is COC(=O)N1C(C)CC(CN)C1(C)C. The smallest absolute Gasteiger partial charge is 0.410 e. The highest BCUT2D eigenvalue weighted by Gasteiger charge is 2.47. The molecule has 0 aromatic heterocycles. The zero-order valence-corrected chi connectivity index (χ0v) is 9.41. The van der Waals surface area contributed by atoms with Gasteiger partial charge in [-0.15, -0.1) is 0 Å². The largest absolute Gasteiger partial charge is 0.453 e. The molecule has 0 bridgehead atoms. The third-order valence-corrected chi connectivity index (χ3v) is 3.34. The van der Waals surface area contributed by atoms with Gasteiger partial charge in [0.1, 0.15) is 0 Å². The van der Waals surface area contributed by atoms with Gasteiger partial charge < -0.3 is 15.4 Å². The van der Waals surface area contributed by atoms with Gasteiger partial charge in [-0.2, -0.15) is 0 Å². The number of hydrogen-bond acceptors (Lipinski definition) is 3. The molecule has 0 saturated carbocycles. The van der Waals surface area contributed by atoms with E-state index in [0.29, 0.717) is 12.5 Å². The van der Waals surface area contributed by atoms with E-state index in [1.54, 1.807) is 4.90 Å². The predicted molar refractivity (Wildman–Crippen MR) is 54.9 cm³/mol. The Kier molecular flexibility index (Phi) is 3.04. The van der Waals surface area contributed by atoms with Gasteiger partial charge in [0.05, 0.1) is 7.11 Å². The minimum Gasteiger partial charge on any atom is -0.453 e. The third-order valence-electron chi connectivity index (χ3n) is 3.34. The molecule has 0 aromatic rings. The van der Waals surface area contributed by atoms with E-state index >= 15 is 0 Å². The Hall–Kier alpha value is -0.770. The fraction of sp³-hybridized carbons (Fsp3) is 0.900. The molecular formula is C10H20N2O2. The van der Waals surface area contributed by atoms with Crippen LogP contribution in [-0.2, 0) is 4.74 Å². The summed E-state index contributed by atoms with van der Waals surface area (Å²) in [5, 5.41) is 0. The lowest BCUT2D eigenvalue weighted by Gasteiger charge is -2.36. The molecule has 0 aromatic carbocycles. The molecule has 2 N–H and O–H groups in total. The van der Waals surface area contributed by atoms with Gasteiger partial charge in [0.2, 0.25) is 0 Å². The Morgan fingerprint density at radius 3 is 2.57 bits per heavy atom. The lowest BCUT2D eigenvalue weighted by Crippen LogP contribution is -2.49. The molecule has 1 fully saturated rings. The lowest BCUT2D eigenvalue weighted by molar-refractivity contribution is 0.0740. The van der Waals surface area contributed by atoms with E-state index < -0.39 is 0 Å². The molecular weight excluding hydrogens is 180 g/mol. The molecule has 2 unspecified atom stereocenters. The second-order valence-corrected chi connectivity index (χ2v) is 4.51. The molecule has 1 amide bonds. The standard InChI is InChI=1S/C10H20N2O2/c1-7-5-8(6-11)10(2,3)12(7)9(13)14-4/h7-8H,5-6,11H2,1-4H3. The Balaban J connectivity index is 2.89. The molecule has 14 heavy (non-hydrogen) atoms. The Morgan fingerprint density at radius 2 is 2.21 bits per heavy atom. The molecule has 0 radical (unpaired) electrons. The average molecular weight is 200 g/mol. The molecule has 0 spiro atoms. The van der Waals surface area contributed by atoms with Crippen molar-refractivity contribution in [2.75, 3.05) is 13.7 Å². The van der Waals surface area contributed by atoms with E-state index in [1.165, 1.54) is 7.11 Å². The number of nitrogens with two attached hydrogens (primary N) is 1. The van der Waals surface area contributed by atoms with E-state index in [0.717, 1.165) is 6.42 Å². The zero-order valence-electron chi connectivity index (χ0n) is 9.41. The van der Waals surface area contributed by atoms with Crippen molar-refractivity contribution in [3.8, 4) is 0 Å². The van der Waals surface area contributed by atoms with Gasteiger partial charge in [-0.05, 0) is 39.7 Å². The van der Waals surface area contributed by atoms with Crippen LogP contribution < -0.4 is 5.73 Å². The van der Waals surface area contributed by atoms with Gasteiger partial charge in [0.15, 0.2) is 0 Å². The normalized spacial score (nSPS) is 30.5. The highest BCUT2D eigenvalue weighted by atomic mass is 16.5. The van der Waals surface area contributed by atoms with Crippen LogP contribution in [0.5, 0.6) is 0 Å². The number of likely N-dealkylation sites (tertiary alicyclic amines) is 1. The monoisotopic (exact) mass is 200 g/mol.